The number of nitrogens with one attached hydrogen (secondary N) is 1. The van der Waals surface area contributed by atoms with Crippen LogP contribution in [0, 0.1) is 11.6 Å². The summed E-state index contributed by atoms with van der Waals surface area (Å²) in [4.78, 5) is 8.13. The highest BCUT2D eigenvalue weighted by Crippen LogP contribution is 2.29. The monoisotopic (exact) mass is 279 g/mol. The zero-order valence-corrected chi connectivity index (χ0v) is 11.3. The molecule has 0 radical (unpaired) electrons. The summed E-state index contributed by atoms with van der Waals surface area (Å²) in [5.41, 5.74) is 0.765. The number of halogens is 2. The van der Waals surface area contributed by atoms with Crippen molar-refractivity contribution in [3.8, 4) is 11.6 Å². The van der Waals surface area contributed by atoms with E-state index in [1.165, 1.54) is 12.4 Å². The molecule has 1 N–H and O–H groups in total. The predicted molar refractivity (Wildman–Crippen MR) is 72.0 cm³/mol. The summed E-state index contributed by atoms with van der Waals surface area (Å²) >= 11 is 0. The number of benzene rings is 1. The topological polar surface area (TPSA) is 47.0 Å². The van der Waals surface area contributed by atoms with Crippen LogP contribution < -0.4 is 10.1 Å². The molecule has 0 amide bonds. The van der Waals surface area contributed by atoms with Crippen LogP contribution in [-0.2, 0) is 6.42 Å². The maximum Gasteiger partial charge on any atom is 0.227 e. The minimum Gasteiger partial charge on any atom is -0.435 e. The van der Waals surface area contributed by atoms with E-state index >= 15 is 0 Å². The summed E-state index contributed by atoms with van der Waals surface area (Å²) < 4.78 is 31.9. The van der Waals surface area contributed by atoms with E-state index in [2.05, 4.69) is 15.3 Å². The molecule has 0 spiro atoms. The van der Waals surface area contributed by atoms with Crippen LogP contribution in [0.2, 0.25) is 0 Å². The standard InChI is InChI=1S/C14H15F2N3O/c1-3-4-10-13(17-2)18-8-19-14(10)20-12-6-5-9(15)7-11(12)16/h5-8H,3-4H2,1-2H3,(H,17,18,19). The summed E-state index contributed by atoms with van der Waals surface area (Å²) in [7, 11) is 1.74. The molecule has 0 bridgehead atoms. The third kappa shape index (κ3) is 3.01. The van der Waals surface area contributed by atoms with E-state index in [1.54, 1.807) is 7.05 Å². The first-order valence-corrected chi connectivity index (χ1v) is 6.30. The Balaban J connectivity index is 2.37. The fourth-order valence-corrected chi connectivity index (χ4v) is 1.84. The lowest BCUT2D eigenvalue weighted by Crippen LogP contribution is -2.03. The van der Waals surface area contributed by atoms with Crippen molar-refractivity contribution in [2.45, 2.75) is 19.8 Å². The van der Waals surface area contributed by atoms with E-state index in [0.717, 1.165) is 24.1 Å². The van der Waals surface area contributed by atoms with Crippen molar-refractivity contribution >= 4 is 5.82 Å². The van der Waals surface area contributed by atoms with Gasteiger partial charge in [0.25, 0.3) is 0 Å². The number of nitrogens with zero attached hydrogens (tertiary/aromatic N) is 2. The summed E-state index contributed by atoms with van der Waals surface area (Å²) in [6.07, 6.45) is 2.89. The zero-order chi connectivity index (χ0) is 14.5. The highest BCUT2D eigenvalue weighted by molar-refractivity contribution is 5.49. The fraction of sp³-hybridized carbons (Fsp3) is 0.286. The number of hydrogen-bond acceptors (Lipinski definition) is 4. The van der Waals surface area contributed by atoms with Gasteiger partial charge in [0.05, 0.1) is 5.56 Å². The van der Waals surface area contributed by atoms with Gasteiger partial charge in [0, 0.05) is 13.1 Å². The van der Waals surface area contributed by atoms with Crippen molar-refractivity contribution in [2.75, 3.05) is 12.4 Å². The summed E-state index contributed by atoms with van der Waals surface area (Å²) in [6.45, 7) is 2.01. The number of ether oxygens (including phenoxy) is 1. The molecule has 0 aliphatic heterocycles. The molecule has 4 nitrogen and oxygen atoms in total. The predicted octanol–water partition coefficient (Wildman–Crippen LogP) is 3.54. The van der Waals surface area contributed by atoms with Crippen LogP contribution in [0.4, 0.5) is 14.6 Å². The Morgan fingerprint density at radius 1 is 1.25 bits per heavy atom. The van der Waals surface area contributed by atoms with Crippen LogP contribution >= 0.6 is 0 Å². The van der Waals surface area contributed by atoms with Gasteiger partial charge in [-0.15, -0.1) is 0 Å². The van der Waals surface area contributed by atoms with E-state index < -0.39 is 11.6 Å². The first kappa shape index (κ1) is 14.2. The third-order valence-corrected chi connectivity index (χ3v) is 2.74. The molecule has 0 aliphatic rings. The SMILES string of the molecule is CCCc1c(NC)ncnc1Oc1ccc(F)cc1F. The number of hydrogen-bond donors (Lipinski definition) is 1. The van der Waals surface area contributed by atoms with Gasteiger partial charge in [-0.25, -0.2) is 18.7 Å². The van der Waals surface area contributed by atoms with Gasteiger partial charge in [0.2, 0.25) is 5.88 Å². The van der Waals surface area contributed by atoms with E-state index in [-0.39, 0.29) is 11.6 Å². The van der Waals surface area contributed by atoms with Crippen molar-refractivity contribution in [3.63, 3.8) is 0 Å². The number of aromatic nitrogens is 2. The molecule has 0 aliphatic carbocycles. The maximum atomic E-state index is 13.6. The van der Waals surface area contributed by atoms with Crippen molar-refractivity contribution in [3.05, 3.63) is 41.7 Å². The van der Waals surface area contributed by atoms with Gasteiger partial charge in [0.15, 0.2) is 11.6 Å². The molecular formula is C14H15F2N3O. The molecule has 0 saturated heterocycles. The second-order valence-electron chi connectivity index (χ2n) is 4.18. The molecular weight excluding hydrogens is 264 g/mol. The molecule has 1 aromatic heterocycles. The lowest BCUT2D eigenvalue weighted by atomic mass is 10.1. The highest BCUT2D eigenvalue weighted by atomic mass is 19.1. The van der Waals surface area contributed by atoms with Gasteiger partial charge in [-0.2, -0.15) is 0 Å². The largest absolute Gasteiger partial charge is 0.435 e. The average Bonchev–Trinajstić information content (AvgIpc) is 2.43. The van der Waals surface area contributed by atoms with Gasteiger partial charge in [0.1, 0.15) is 18.0 Å². The van der Waals surface area contributed by atoms with Crippen LogP contribution in [0.25, 0.3) is 0 Å². The van der Waals surface area contributed by atoms with Crippen LogP contribution in [0.3, 0.4) is 0 Å². The summed E-state index contributed by atoms with van der Waals surface area (Å²) in [6, 6.07) is 3.15. The minimum absolute atomic E-state index is 0.0653. The quantitative estimate of drug-likeness (QED) is 0.909. The molecule has 0 atom stereocenters. The van der Waals surface area contributed by atoms with Crippen molar-refractivity contribution in [1.29, 1.82) is 0 Å². The van der Waals surface area contributed by atoms with Gasteiger partial charge < -0.3 is 10.1 Å². The van der Waals surface area contributed by atoms with Gasteiger partial charge in [-0.05, 0) is 18.6 Å². The number of anilines is 1. The molecule has 0 unspecified atom stereocenters. The Bertz CT molecular complexity index is 605. The van der Waals surface area contributed by atoms with E-state index in [9.17, 15) is 8.78 Å². The normalized spacial score (nSPS) is 10.4. The highest BCUT2D eigenvalue weighted by Gasteiger charge is 2.14. The van der Waals surface area contributed by atoms with Crippen molar-refractivity contribution in [2.24, 2.45) is 0 Å². The molecule has 0 saturated carbocycles. The summed E-state index contributed by atoms with van der Waals surface area (Å²) in [5, 5.41) is 2.95. The minimum atomic E-state index is -0.767. The van der Waals surface area contributed by atoms with E-state index in [1.807, 2.05) is 6.92 Å². The van der Waals surface area contributed by atoms with E-state index in [0.29, 0.717) is 12.2 Å². The van der Waals surface area contributed by atoms with Gasteiger partial charge in [-0.3, -0.25) is 0 Å². The lowest BCUT2D eigenvalue weighted by molar-refractivity contribution is 0.418. The Labute approximate surface area is 115 Å². The second-order valence-corrected chi connectivity index (χ2v) is 4.18. The van der Waals surface area contributed by atoms with Crippen LogP contribution in [-0.4, -0.2) is 17.0 Å². The first-order chi connectivity index (χ1) is 9.65. The molecule has 6 heteroatoms. The Morgan fingerprint density at radius 3 is 2.70 bits per heavy atom. The van der Waals surface area contributed by atoms with Gasteiger partial charge in [-0.1, -0.05) is 13.3 Å². The lowest BCUT2D eigenvalue weighted by Gasteiger charge is -2.13. The van der Waals surface area contributed by atoms with Crippen molar-refractivity contribution in [1.82, 2.24) is 9.97 Å². The van der Waals surface area contributed by atoms with E-state index in [4.69, 9.17) is 4.74 Å². The van der Waals surface area contributed by atoms with Crippen molar-refractivity contribution < 1.29 is 13.5 Å². The molecule has 20 heavy (non-hydrogen) atoms. The Hall–Kier alpha value is -2.24. The molecule has 1 aromatic carbocycles. The molecule has 1 heterocycles. The third-order valence-electron chi connectivity index (χ3n) is 2.74. The summed E-state index contributed by atoms with van der Waals surface area (Å²) in [5.74, 6) is -0.570. The number of rotatable bonds is 5. The second kappa shape index (κ2) is 6.27. The molecule has 106 valence electrons. The zero-order valence-electron chi connectivity index (χ0n) is 11.3. The Morgan fingerprint density at radius 2 is 2.05 bits per heavy atom. The van der Waals surface area contributed by atoms with Crippen LogP contribution in [0.1, 0.15) is 18.9 Å². The first-order valence-electron chi connectivity index (χ1n) is 6.30. The molecule has 2 rings (SSSR count). The van der Waals surface area contributed by atoms with Crippen LogP contribution in [0.15, 0.2) is 24.5 Å². The average molecular weight is 279 g/mol. The fourth-order valence-electron chi connectivity index (χ4n) is 1.84. The maximum absolute atomic E-state index is 13.6. The van der Waals surface area contributed by atoms with Gasteiger partial charge >= 0.3 is 0 Å². The molecule has 0 fully saturated rings. The molecule has 2 aromatic rings. The Kier molecular flexibility index (Phi) is 4.45. The smallest absolute Gasteiger partial charge is 0.227 e. The van der Waals surface area contributed by atoms with Crippen LogP contribution in [0.5, 0.6) is 11.6 Å².